The van der Waals surface area contributed by atoms with Crippen molar-refractivity contribution in [3.63, 3.8) is 0 Å². The number of carbonyl (C=O) groups excluding carboxylic acids is 1. The van der Waals surface area contributed by atoms with E-state index in [2.05, 4.69) is 20.7 Å². The van der Waals surface area contributed by atoms with Crippen molar-refractivity contribution in [2.45, 2.75) is 0 Å². The Kier molecular flexibility index (Phi) is 6.61. The fourth-order valence-electron chi connectivity index (χ4n) is 1.31. The van der Waals surface area contributed by atoms with Crippen molar-refractivity contribution < 1.29 is 23.7 Å². The van der Waals surface area contributed by atoms with E-state index in [4.69, 9.17) is 19.9 Å². The molecule has 19 heavy (non-hydrogen) atoms. The first-order valence-electron chi connectivity index (χ1n) is 5.47. The summed E-state index contributed by atoms with van der Waals surface area (Å²) in [6.45, 7) is 0.893. The molecule has 0 bridgehead atoms. The Bertz CT molecular complexity index is 438. The maximum atomic E-state index is 11.5. The molecule has 0 unspecified atom stereocenters. The zero-order chi connectivity index (χ0) is 14.3. The molecule has 1 rings (SSSR count). The highest BCUT2D eigenvalue weighted by Crippen LogP contribution is 2.34. The van der Waals surface area contributed by atoms with Crippen LogP contribution in [0.1, 0.15) is 10.4 Å². The fourth-order valence-corrected chi connectivity index (χ4v) is 1.77. The van der Waals surface area contributed by atoms with Crippen LogP contribution in [0.5, 0.6) is 5.75 Å². The lowest BCUT2D eigenvalue weighted by molar-refractivity contribution is -0.00851. The van der Waals surface area contributed by atoms with E-state index in [-0.39, 0.29) is 18.0 Å². The second kappa shape index (κ2) is 7.98. The smallest absolute Gasteiger partial charge is 0.340 e. The van der Waals surface area contributed by atoms with Gasteiger partial charge in [0.1, 0.15) is 0 Å². The van der Waals surface area contributed by atoms with Crippen molar-refractivity contribution in [3.05, 3.63) is 22.2 Å². The van der Waals surface area contributed by atoms with E-state index in [0.717, 1.165) is 0 Å². The summed E-state index contributed by atoms with van der Waals surface area (Å²) in [5, 5.41) is 0. The minimum absolute atomic E-state index is 0.0107. The maximum absolute atomic E-state index is 11.5. The number of ether oxygens (including phenoxy) is 4. The van der Waals surface area contributed by atoms with Crippen molar-refractivity contribution in [2.24, 2.45) is 0 Å². The summed E-state index contributed by atoms with van der Waals surface area (Å²) in [6, 6.07) is 3.22. The van der Waals surface area contributed by atoms with Gasteiger partial charge in [0, 0.05) is 7.11 Å². The van der Waals surface area contributed by atoms with Gasteiger partial charge in [0.15, 0.2) is 12.5 Å². The second-order valence-corrected chi connectivity index (χ2v) is 4.35. The highest BCUT2D eigenvalue weighted by molar-refractivity contribution is 9.10. The number of nitrogen functional groups attached to an aromatic ring is 1. The van der Waals surface area contributed by atoms with Crippen LogP contribution in [-0.2, 0) is 14.2 Å². The minimum Gasteiger partial charge on any atom is -0.465 e. The first-order chi connectivity index (χ1) is 9.11. The number of halogens is 1. The Morgan fingerprint density at radius 2 is 2.05 bits per heavy atom. The lowest BCUT2D eigenvalue weighted by atomic mass is 10.1. The van der Waals surface area contributed by atoms with Crippen LogP contribution >= 0.6 is 15.9 Å². The summed E-state index contributed by atoms with van der Waals surface area (Å²) in [6.07, 6.45) is 0. The number of nitrogens with two attached hydrogens (primary N) is 1. The van der Waals surface area contributed by atoms with E-state index in [1.165, 1.54) is 7.11 Å². The molecule has 0 amide bonds. The lowest BCUT2D eigenvalue weighted by Gasteiger charge is -2.13. The van der Waals surface area contributed by atoms with E-state index < -0.39 is 5.97 Å². The van der Waals surface area contributed by atoms with Gasteiger partial charge in [0.25, 0.3) is 0 Å². The van der Waals surface area contributed by atoms with E-state index in [9.17, 15) is 4.79 Å². The molecule has 106 valence electrons. The monoisotopic (exact) mass is 333 g/mol. The van der Waals surface area contributed by atoms with Crippen molar-refractivity contribution in [1.29, 1.82) is 0 Å². The third kappa shape index (κ3) is 4.38. The van der Waals surface area contributed by atoms with Gasteiger partial charge >= 0.3 is 5.97 Å². The van der Waals surface area contributed by atoms with Gasteiger partial charge in [-0.15, -0.1) is 0 Å². The molecule has 0 aliphatic carbocycles. The molecule has 2 N–H and O–H groups in total. The topological polar surface area (TPSA) is 80.0 Å². The van der Waals surface area contributed by atoms with Gasteiger partial charge in [-0.1, -0.05) is 0 Å². The SMILES string of the molecule is COCCOCOc1c(Br)ccc(C(=O)OC)c1N. The number of rotatable bonds is 7. The van der Waals surface area contributed by atoms with Crippen LogP contribution in [0.3, 0.4) is 0 Å². The largest absolute Gasteiger partial charge is 0.465 e. The Morgan fingerprint density at radius 3 is 2.68 bits per heavy atom. The minimum atomic E-state index is -0.518. The average Bonchev–Trinajstić information content (AvgIpc) is 2.41. The molecule has 0 spiro atoms. The van der Waals surface area contributed by atoms with Crippen LogP contribution in [0.4, 0.5) is 5.69 Å². The Labute approximate surface area is 119 Å². The van der Waals surface area contributed by atoms with E-state index in [0.29, 0.717) is 23.4 Å². The van der Waals surface area contributed by atoms with Crippen LogP contribution < -0.4 is 10.5 Å². The van der Waals surface area contributed by atoms with Gasteiger partial charge in [-0.2, -0.15) is 0 Å². The van der Waals surface area contributed by atoms with E-state index in [1.54, 1.807) is 19.2 Å². The molecule has 0 atom stereocenters. The van der Waals surface area contributed by atoms with Crippen LogP contribution in [0.2, 0.25) is 0 Å². The zero-order valence-corrected chi connectivity index (χ0v) is 12.4. The fraction of sp³-hybridized carbons (Fsp3) is 0.417. The van der Waals surface area contributed by atoms with Crippen molar-refractivity contribution in [1.82, 2.24) is 0 Å². The zero-order valence-electron chi connectivity index (χ0n) is 10.8. The van der Waals surface area contributed by atoms with Crippen molar-refractivity contribution in [2.75, 3.05) is 40.0 Å². The number of benzene rings is 1. The number of carbonyl (C=O) groups is 1. The number of anilines is 1. The number of esters is 1. The summed E-state index contributed by atoms with van der Waals surface area (Å²) in [5.74, 6) is -0.171. The van der Waals surface area contributed by atoms with Gasteiger partial charge in [0.2, 0.25) is 0 Å². The Hall–Kier alpha value is -1.31. The molecule has 0 saturated heterocycles. The number of hydrogen-bond donors (Lipinski definition) is 1. The predicted octanol–water partition coefficient (Wildman–Crippen LogP) is 1.82. The van der Waals surface area contributed by atoms with Gasteiger partial charge in [0.05, 0.1) is 36.0 Å². The Morgan fingerprint density at radius 1 is 1.32 bits per heavy atom. The standard InChI is InChI=1S/C12H16BrNO5/c1-16-5-6-18-7-19-11-9(13)4-3-8(10(11)14)12(15)17-2/h3-4H,5-7,14H2,1-2H3. The Balaban J connectivity index is 2.73. The summed E-state index contributed by atoms with van der Waals surface area (Å²) in [4.78, 5) is 11.5. The quantitative estimate of drug-likeness (QED) is 0.355. The third-order valence-corrected chi connectivity index (χ3v) is 2.90. The summed E-state index contributed by atoms with van der Waals surface area (Å²) < 4.78 is 20.7. The molecule has 1 aromatic rings. The molecule has 6 nitrogen and oxygen atoms in total. The maximum Gasteiger partial charge on any atom is 0.340 e. The third-order valence-electron chi connectivity index (χ3n) is 2.27. The van der Waals surface area contributed by atoms with Crippen LogP contribution in [0, 0.1) is 0 Å². The van der Waals surface area contributed by atoms with E-state index >= 15 is 0 Å². The van der Waals surface area contributed by atoms with Gasteiger partial charge in [-0.3, -0.25) is 0 Å². The van der Waals surface area contributed by atoms with Gasteiger partial charge in [-0.25, -0.2) is 4.79 Å². The van der Waals surface area contributed by atoms with Crippen LogP contribution in [0.15, 0.2) is 16.6 Å². The molecule has 1 aromatic carbocycles. The van der Waals surface area contributed by atoms with Crippen molar-refractivity contribution >= 4 is 27.6 Å². The molecule has 0 heterocycles. The lowest BCUT2D eigenvalue weighted by Crippen LogP contribution is -2.11. The predicted molar refractivity (Wildman–Crippen MR) is 73.2 cm³/mol. The summed E-state index contributed by atoms with van der Waals surface area (Å²) in [7, 11) is 2.87. The molecular weight excluding hydrogens is 318 g/mol. The normalized spacial score (nSPS) is 10.3. The van der Waals surface area contributed by atoms with Gasteiger partial charge < -0.3 is 24.7 Å². The van der Waals surface area contributed by atoms with Gasteiger partial charge in [-0.05, 0) is 28.1 Å². The van der Waals surface area contributed by atoms with Crippen LogP contribution in [-0.4, -0.2) is 40.2 Å². The van der Waals surface area contributed by atoms with Crippen LogP contribution in [0.25, 0.3) is 0 Å². The number of methoxy groups -OCH3 is 2. The molecule has 0 aliphatic heterocycles. The molecule has 0 radical (unpaired) electrons. The average molecular weight is 334 g/mol. The van der Waals surface area contributed by atoms with Crippen molar-refractivity contribution in [3.8, 4) is 5.75 Å². The number of hydrogen-bond acceptors (Lipinski definition) is 6. The molecular formula is C12H16BrNO5. The summed E-state index contributed by atoms with van der Waals surface area (Å²) >= 11 is 3.30. The molecule has 0 fully saturated rings. The molecule has 0 aromatic heterocycles. The second-order valence-electron chi connectivity index (χ2n) is 3.49. The molecule has 0 aliphatic rings. The molecule has 0 saturated carbocycles. The highest BCUT2D eigenvalue weighted by atomic mass is 79.9. The first-order valence-corrected chi connectivity index (χ1v) is 6.26. The van der Waals surface area contributed by atoms with E-state index in [1.807, 2.05) is 0 Å². The first kappa shape index (κ1) is 15.7. The highest BCUT2D eigenvalue weighted by Gasteiger charge is 2.16. The summed E-state index contributed by atoms with van der Waals surface area (Å²) in [5.41, 5.74) is 6.32. The molecule has 7 heteroatoms.